The summed E-state index contributed by atoms with van der Waals surface area (Å²) in [5.41, 5.74) is 1.63. The summed E-state index contributed by atoms with van der Waals surface area (Å²) in [7, 11) is 1.62. The Kier molecular flexibility index (Phi) is 6.88. The van der Waals surface area contributed by atoms with Crippen LogP contribution >= 0.6 is 22.7 Å². The predicted octanol–water partition coefficient (Wildman–Crippen LogP) is 3.76. The summed E-state index contributed by atoms with van der Waals surface area (Å²) in [5, 5.41) is 4.46. The van der Waals surface area contributed by atoms with Gasteiger partial charge in [-0.1, -0.05) is 18.2 Å². The lowest BCUT2D eigenvalue weighted by atomic mass is 10.2. The average Bonchev–Trinajstić information content (AvgIpc) is 3.51. The third kappa shape index (κ3) is 4.78. The first-order chi connectivity index (χ1) is 17.4. The van der Waals surface area contributed by atoms with Gasteiger partial charge >= 0.3 is 0 Å². The molecule has 0 saturated carbocycles. The van der Waals surface area contributed by atoms with E-state index >= 15 is 0 Å². The predicted molar refractivity (Wildman–Crippen MR) is 142 cm³/mol. The third-order valence-corrected chi connectivity index (χ3v) is 8.16. The fourth-order valence-electron chi connectivity index (χ4n) is 4.41. The number of hydrogen-bond acceptors (Lipinski definition) is 7. The minimum atomic E-state index is -0.256. The molecule has 0 atom stereocenters. The zero-order valence-electron chi connectivity index (χ0n) is 20.1. The second-order valence-corrected chi connectivity index (χ2v) is 10.5. The molecule has 0 aliphatic carbocycles. The van der Waals surface area contributed by atoms with Crippen LogP contribution in [0.2, 0.25) is 0 Å². The van der Waals surface area contributed by atoms with Gasteiger partial charge in [-0.15, -0.1) is 22.7 Å². The van der Waals surface area contributed by atoms with Gasteiger partial charge < -0.3 is 14.5 Å². The molecule has 3 aromatic heterocycles. The molecule has 8 nitrogen and oxygen atoms in total. The van der Waals surface area contributed by atoms with Crippen LogP contribution in [0.3, 0.4) is 0 Å². The number of amides is 2. The summed E-state index contributed by atoms with van der Waals surface area (Å²) in [6.07, 6.45) is 0.672. The summed E-state index contributed by atoms with van der Waals surface area (Å²) >= 11 is 2.99. The average molecular weight is 523 g/mol. The molecule has 1 aliphatic heterocycles. The minimum absolute atomic E-state index is 0.00262. The quantitative estimate of drug-likeness (QED) is 0.385. The van der Waals surface area contributed by atoms with Crippen molar-refractivity contribution in [3.63, 3.8) is 0 Å². The number of carbonyl (C=O) groups excluding carboxylic acids is 2. The highest BCUT2D eigenvalue weighted by Gasteiger charge is 2.26. The van der Waals surface area contributed by atoms with Crippen molar-refractivity contribution in [1.29, 1.82) is 0 Å². The summed E-state index contributed by atoms with van der Waals surface area (Å²) in [6, 6.07) is 11.5. The van der Waals surface area contributed by atoms with Gasteiger partial charge in [0.1, 0.15) is 22.9 Å². The maximum atomic E-state index is 13.5. The van der Waals surface area contributed by atoms with Gasteiger partial charge in [0.25, 0.3) is 5.56 Å². The Bertz CT molecular complexity index is 1460. The normalized spacial score (nSPS) is 14.3. The second kappa shape index (κ2) is 10.2. The van der Waals surface area contributed by atoms with Gasteiger partial charge in [0.05, 0.1) is 19.0 Å². The van der Waals surface area contributed by atoms with Crippen LogP contribution in [0.4, 0.5) is 0 Å². The lowest BCUT2D eigenvalue weighted by Crippen LogP contribution is -2.42. The van der Waals surface area contributed by atoms with E-state index in [0.29, 0.717) is 42.1 Å². The van der Waals surface area contributed by atoms with Gasteiger partial charge in [-0.25, -0.2) is 4.98 Å². The molecule has 0 bridgehead atoms. The number of carbonyl (C=O) groups is 2. The summed E-state index contributed by atoms with van der Waals surface area (Å²) in [4.78, 5) is 49.3. The number of aromatic nitrogens is 2. The van der Waals surface area contributed by atoms with Crippen LogP contribution in [0, 0.1) is 6.92 Å². The van der Waals surface area contributed by atoms with E-state index in [0.717, 1.165) is 21.8 Å². The number of thiophene rings is 2. The Hall–Kier alpha value is -3.50. The third-order valence-electron chi connectivity index (χ3n) is 6.38. The molecule has 4 heterocycles. The minimum Gasteiger partial charge on any atom is -0.497 e. The SMILES string of the molecule is COc1ccc(CN2CCCN(C(=O)Cn3c(C)nc4scc(-c5cccs5)c4c3=O)CC2=O)cc1. The fraction of sp³-hybridized carbons (Fsp3) is 0.308. The topological polar surface area (TPSA) is 84.7 Å². The van der Waals surface area contributed by atoms with E-state index in [2.05, 4.69) is 4.98 Å². The molecule has 1 aliphatic rings. The maximum absolute atomic E-state index is 13.5. The van der Waals surface area contributed by atoms with E-state index in [9.17, 15) is 14.4 Å². The van der Waals surface area contributed by atoms with Crippen LogP contribution in [-0.2, 0) is 22.7 Å². The molecule has 36 heavy (non-hydrogen) atoms. The van der Waals surface area contributed by atoms with Crippen molar-refractivity contribution in [2.45, 2.75) is 26.4 Å². The van der Waals surface area contributed by atoms with Crippen molar-refractivity contribution in [3.05, 3.63) is 68.9 Å². The van der Waals surface area contributed by atoms with Gasteiger partial charge in [0.2, 0.25) is 11.8 Å². The number of benzene rings is 1. The fourth-order valence-corrected chi connectivity index (χ4v) is 6.21. The highest BCUT2D eigenvalue weighted by molar-refractivity contribution is 7.18. The maximum Gasteiger partial charge on any atom is 0.263 e. The standard InChI is InChI=1S/C26H26N4O4S2/c1-17-27-25-24(20(16-36-25)21-5-3-12-35-21)26(33)30(17)15-23(32)29-11-4-10-28(22(31)14-29)13-18-6-8-19(34-2)9-7-18/h3,5-9,12,16H,4,10-11,13-15H2,1-2H3. The van der Waals surface area contributed by atoms with E-state index < -0.39 is 0 Å². The molecule has 1 saturated heterocycles. The van der Waals surface area contributed by atoms with Crippen LogP contribution in [0.15, 0.2) is 52.0 Å². The highest BCUT2D eigenvalue weighted by Crippen LogP contribution is 2.33. The van der Waals surface area contributed by atoms with E-state index in [1.54, 1.807) is 35.2 Å². The van der Waals surface area contributed by atoms with E-state index in [-0.39, 0.29) is 30.5 Å². The molecule has 0 spiro atoms. The van der Waals surface area contributed by atoms with Gasteiger partial charge in [-0.05, 0) is 42.5 Å². The smallest absolute Gasteiger partial charge is 0.263 e. The first-order valence-electron chi connectivity index (χ1n) is 11.7. The lowest BCUT2D eigenvalue weighted by Gasteiger charge is -2.22. The van der Waals surface area contributed by atoms with E-state index in [4.69, 9.17) is 4.74 Å². The van der Waals surface area contributed by atoms with Crippen LogP contribution in [0.5, 0.6) is 5.75 Å². The molecule has 186 valence electrons. The molecular weight excluding hydrogens is 496 g/mol. The van der Waals surface area contributed by atoms with Gasteiger partial charge in [-0.3, -0.25) is 19.0 Å². The molecule has 4 aromatic rings. The Morgan fingerprint density at radius 1 is 1.11 bits per heavy atom. The number of hydrogen-bond donors (Lipinski definition) is 0. The number of methoxy groups -OCH3 is 1. The number of rotatable bonds is 6. The van der Waals surface area contributed by atoms with Crippen LogP contribution in [0.25, 0.3) is 20.7 Å². The summed E-state index contributed by atoms with van der Waals surface area (Å²) in [6.45, 7) is 3.11. The number of nitrogens with zero attached hydrogens (tertiary/aromatic N) is 4. The monoisotopic (exact) mass is 522 g/mol. The summed E-state index contributed by atoms with van der Waals surface area (Å²) < 4.78 is 6.63. The molecule has 2 amide bonds. The van der Waals surface area contributed by atoms with Crippen LogP contribution < -0.4 is 10.3 Å². The van der Waals surface area contributed by atoms with Gasteiger partial charge in [0, 0.05) is 35.5 Å². The number of fused-ring (bicyclic) bond motifs is 1. The van der Waals surface area contributed by atoms with Crippen molar-refractivity contribution in [2.75, 3.05) is 26.7 Å². The Labute approximate surface area is 216 Å². The molecule has 0 N–H and O–H groups in total. The van der Waals surface area contributed by atoms with Crippen LogP contribution in [-0.4, -0.2) is 57.9 Å². The van der Waals surface area contributed by atoms with E-state index in [1.807, 2.05) is 47.2 Å². The Morgan fingerprint density at radius 3 is 2.64 bits per heavy atom. The second-order valence-electron chi connectivity index (χ2n) is 8.69. The molecule has 1 aromatic carbocycles. The van der Waals surface area contributed by atoms with Crippen molar-refractivity contribution in [2.24, 2.45) is 0 Å². The van der Waals surface area contributed by atoms with Crippen molar-refractivity contribution in [3.8, 4) is 16.2 Å². The van der Waals surface area contributed by atoms with E-state index in [1.165, 1.54) is 15.9 Å². The molecule has 10 heteroatoms. The summed E-state index contributed by atoms with van der Waals surface area (Å²) in [5.74, 6) is 0.893. The van der Waals surface area contributed by atoms with Gasteiger partial charge in [0.15, 0.2) is 0 Å². The highest BCUT2D eigenvalue weighted by atomic mass is 32.1. The largest absolute Gasteiger partial charge is 0.497 e. The zero-order chi connectivity index (χ0) is 25.2. The van der Waals surface area contributed by atoms with Crippen molar-refractivity contribution < 1.29 is 14.3 Å². The first-order valence-corrected chi connectivity index (χ1v) is 13.4. The van der Waals surface area contributed by atoms with Crippen molar-refractivity contribution >= 4 is 44.7 Å². The molecule has 5 rings (SSSR count). The first kappa shape index (κ1) is 24.2. The number of aryl methyl sites for hydroxylation is 1. The molecular formula is C26H26N4O4S2. The lowest BCUT2D eigenvalue weighted by molar-refractivity contribution is -0.139. The molecule has 1 fully saturated rings. The molecule has 0 unspecified atom stereocenters. The van der Waals surface area contributed by atoms with Crippen LogP contribution in [0.1, 0.15) is 17.8 Å². The number of ether oxygens (including phenoxy) is 1. The Morgan fingerprint density at radius 2 is 1.92 bits per heavy atom. The molecule has 0 radical (unpaired) electrons. The zero-order valence-corrected chi connectivity index (χ0v) is 21.7. The Balaban J connectivity index is 1.32. The van der Waals surface area contributed by atoms with Gasteiger partial charge in [-0.2, -0.15) is 0 Å². The van der Waals surface area contributed by atoms with Crippen molar-refractivity contribution in [1.82, 2.24) is 19.4 Å².